The zero-order valence-corrected chi connectivity index (χ0v) is 16.6. The van der Waals surface area contributed by atoms with Gasteiger partial charge in [0.05, 0.1) is 27.4 Å². The maximum Gasteiger partial charge on any atom is 0.314 e. The molecule has 1 aliphatic rings. The van der Waals surface area contributed by atoms with Gasteiger partial charge in [0.1, 0.15) is 0 Å². The number of benzene rings is 1. The zero-order chi connectivity index (χ0) is 20.0. The molecule has 2 aromatic rings. The summed E-state index contributed by atoms with van der Waals surface area (Å²) in [5.41, 5.74) is -1.21. The van der Waals surface area contributed by atoms with E-state index in [4.69, 9.17) is 0 Å². The third kappa shape index (κ3) is 3.99. The molecular weight excluding hydrogens is 394 g/mol. The molecule has 1 aromatic heterocycles. The van der Waals surface area contributed by atoms with Gasteiger partial charge in [-0.15, -0.1) is 0 Å². The Labute approximate surface area is 156 Å². The highest BCUT2D eigenvalue weighted by atomic mass is 32.2. The van der Waals surface area contributed by atoms with Crippen molar-refractivity contribution in [3.63, 3.8) is 0 Å². The average Bonchev–Trinajstić information content (AvgIpc) is 2.92. The molecule has 1 unspecified atom stereocenters. The molecule has 11 heteroatoms. The Hall–Kier alpha value is -1.98. The van der Waals surface area contributed by atoms with Crippen molar-refractivity contribution in [3.05, 3.63) is 38.9 Å². The number of hydrogen-bond acceptors (Lipinski definition) is 6. The van der Waals surface area contributed by atoms with Crippen molar-refractivity contribution in [2.75, 3.05) is 18.1 Å². The van der Waals surface area contributed by atoms with Crippen LogP contribution in [0.4, 0.5) is 0 Å². The van der Waals surface area contributed by atoms with Gasteiger partial charge in [0.2, 0.25) is 10.0 Å². The molecule has 0 amide bonds. The van der Waals surface area contributed by atoms with Gasteiger partial charge < -0.3 is 9.97 Å². The van der Waals surface area contributed by atoms with E-state index < -0.39 is 37.0 Å². The first kappa shape index (κ1) is 19.8. The predicted molar refractivity (Wildman–Crippen MR) is 101 cm³/mol. The molecule has 1 aromatic carbocycles. The molecule has 0 saturated carbocycles. The minimum absolute atomic E-state index is 0.000280. The van der Waals surface area contributed by atoms with Crippen LogP contribution in [0.2, 0.25) is 0 Å². The molecule has 9 nitrogen and oxygen atoms in total. The molecule has 2 N–H and O–H groups in total. The van der Waals surface area contributed by atoms with Crippen LogP contribution in [0, 0.1) is 5.92 Å². The van der Waals surface area contributed by atoms with Gasteiger partial charge in [0, 0.05) is 12.6 Å². The minimum atomic E-state index is -3.99. The second-order valence-corrected chi connectivity index (χ2v) is 11.3. The third-order valence-corrected chi connectivity index (χ3v) is 8.13. The van der Waals surface area contributed by atoms with Gasteiger partial charge in [-0.2, -0.15) is 4.31 Å². The molecule has 2 heterocycles. The van der Waals surface area contributed by atoms with Gasteiger partial charge in [-0.3, -0.25) is 9.59 Å². The number of hydrogen-bond donors (Lipinski definition) is 2. The number of aromatic amines is 2. The third-order valence-electron chi connectivity index (χ3n) is 4.46. The Kier molecular flexibility index (Phi) is 5.04. The van der Waals surface area contributed by atoms with Crippen LogP contribution in [-0.4, -0.2) is 55.2 Å². The van der Waals surface area contributed by atoms with E-state index in [1.54, 1.807) is 0 Å². The first-order valence-corrected chi connectivity index (χ1v) is 11.7. The van der Waals surface area contributed by atoms with Gasteiger partial charge in [-0.1, -0.05) is 13.8 Å². The number of sulfone groups is 1. The second kappa shape index (κ2) is 6.88. The summed E-state index contributed by atoms with van der Waals surface area (Å²) in [6, 6.07) is 3.40. The highest BCUT2D eigenvalue weighted by molar-refractivity contribution is 7.92. The lowest BCUT2D eigenvalue weighted by molar-refractivity contribution is 0.308. The SMILES string of the molecule is CC(C)CN(C1CCS(=O)(=O)C1)S(=O)(=O)c1ccc2[nH]c(=O)c(=O)[nH]c2c1. The maximum absolute atomic E-state index is 13.2. The Morgan fingerprint density at radius 2 is 1.78 bits per heavy atom. The van der Waals surface area contributed by atoms with Crippen LogP contribution in [0.1, 0.15) is 20.3 Å². The standard InChI is InChI=1S/C16H21N3O6S2/c1-10(2)8-19(11-5-6-26(22,23)9-11)27(24,25)12-3-4-13-14(7-12)18-16(21)15(20)17-13/h3-4,7,10-11H,5-6,8-9H2,1-2H3,(H,17,20)(H,18,21). The highest BCUT2D eigenvalue weighted by Crippen LogP contribution is 2.27. The lowest BCUT2D eigenvalue weighted by Gasteiger charge is -2.29. The zero-order valence-electron chi connectivity index (χ0n) is 14.9. The number of nitrogens with zero attached hydrogens (tertiary/aromatic N) is 1. The Balaban J connectivity index is 2.08. The van der Waals surface area contributed by atoms with Crippen molar-refractivity contribution in [1.29, 1.82) is 0 Å². The number of aromatic nitrogens is 2. The summed E-state index contributed by atoms with van der Waals surface area (Å²) in [6.07, 6.45) is 0.256. The van der Waals surface area contributed by atoms with Crippen LogP contribution in [-0.2, 0) is 19.9 Å². The molecule has 148 valence electrons. The molecule has 1 atom stereocenters. The fourth-order valence-corrected chi connectivity index (χ4v) is 6.87. The van der Waals surface area contributed by atoms with Crippen molar-refractivity contribution in [3.8, 4) is 0 Å². The van der Waals surface area contributed by atoms with E-state index in [2.05, 4.69) is 9.97 Å². The Morgan fingerprint density at radius 1 is 1.15 bits per heavy atom. The normalized spacial score (nSPS) is 19.9. The summed E-state index contributed by atoms with van der Waals surface area (Å²) in [4.78, 5) is 27.6. The monoisotopic (exact) mass is 415 g/mol. The summed E-state index contributed by atoms with van der Waals surface area (Å²) >= 11 is 0. The van der Waals surface area contributed by atoms with Gasteiger partial charge >= 0.3 is 11.1 Å². The fourth-order valence-electron chi connectivity index (χ4n) is 3.20. The van der Waals surface area contributed by atoms with Crippen LogP contribution in [0.5, 0.6) is 0 Å². The second-order valence-electron chi connectivity index (χ2n) is 7.14. The summed E-state index contributed by atoms with van der Waals surface area (Å²) in [5, 5.41) is 0. The number of rotatable bonds is 5. The first-order valence-electron chi connectivity index (χ1n) is 8.48. The number of fused-ring (bicyclic) bond motifs is 1. The van der Waals surface area contributed by atoms with E-state index in [1.807, 2.05) is 13.8 Å². The van der Waals surface area contributed by atoms with Gasteiger partial charge in [0.15, 0.2) is 9.84 Å². The van der Waals surface area contributed by atoms with E-state index in [0.29, 0.717) is 5.52 Å². The maximum atomic E-state index is 13.2. The molecule has 1 saturated heterocycles. The summed E-state index contributed by atoms with van der Waals surface area (Å²) in [6.45, 7) is 3.89. The molecule has 0 radical (unpaired) electrons. The number of H-pyrrole nitrogens is 2. The van der Waals surface area contributed by atoms with Crippen LogP contribution in [0.3, 0.4) is 0 Å². The molecule has 27 heavy (non-hydrogen) atoms. The lowest BCUT2D eigenvalue weighted by atomic mass is 10.2. The van der Waals surface area contributed by atoms with Gasteiger partial charge in [-0.25, -0.2) is 16.8 Å². The number of sulfonamides is 1. The predicted octanol–water partition coefficient (Wildman–Crippen LogP) is 0.0502. The quantitative estimate of drug-likeness (QED) is 0.662. The largest absolute Gasteiger partial charge is 0.316 e. The van der Waals surface area contributed by atoms with Crippen LogP contribution in [0.25, 0.3) is 11.0 Å². The molecule has 0 aliphatic carbocycles. The Morgan fingerprint density at radius 3 is 2.33 bits per heavy atom. The van der Waals surface area contributed by atoms with Gasteiger partial charge in [-0.05, 0) is 30.5 Å². The summed E-state index contributed by atoms with van der Waals surface area (Å²) < 4.78 is 51.4. The van der Waals surface area contributed by atoms with E-state index in [9.17, 15) is 26.4 Å². The number of nitrogens with one attached hydrogen (secondary N) is 2. The van der Waals surface area contributed by atoms with E-state index in [0.717, 1.165) is 0 Å². The van der Waals surface area contributed by atoms with E-state index in [1.165, 1.54) is 22.5 Å². The van der Waals surface area contributed by atoms with Crippen molar-refractivity contribution in [2.24, 2.45) is 5.92 Å². The van der Waals surface area contributed by atoms with E-state index in [-0.39, 0.29) is 40.8 Å². The molecule has 1 aliphatic heterocycles. The Bertz CT molecular complexity index is 1190. The topological polar surface area (TPSA) is 137 Å². The molecular formula is C16H21N3O6S2. The van der Waals surface area contributed by atoms with Crippen molar-refractivity contribution in [1.82, 2.24) is 14.3 Å². The van der Waals surface area contributed by atoms with Crippen LogP contribution >= 0.6 is 0 Å². The highest BCUT2D eigenvalue weighted by Gasteiger charge is 2.39. The van der Waals surface area contributed by atoms with Crippen LogP contribution in [0.15, 0.2) is 32.7 Å². The molecule has 1 fully saturated rings. The fraction of sp³-hybridized carbons (Fsp3) is 0.500. The minimum Gasteiger partial charge on any atom is -0.316 e. The van der Waals surface area contributed by atoms with E-state index >= 15 is 0 Å². The van der Waals surface area contributed by atoms with Crippen molar-refractivity contribution < 1.29 is 16.8 Å². The van der Waals surface area contributed by atoms with Crippen LogP contribution < -0.4 is 11.1 Å². The van der Waals surface area contributed by atoms with Crippen molar-refractivity contribution in [2.45, 2.75) is 31.2 Å². The summed E-state index contributed by atoms with van der Waals surface area (Å²) in [5.74, 6) is -0.232. The average molecular weight is 415 g/mol. The molecule has 3 rings (SSSR count). The molecule has 0 spiro atoms. The molecule has 0 bridgehead atoms. The van der Waals surface area contributed by atoms with Gasteiger partial charge in [0.25, 0.3) is 0 Å². The first-order chi connectivity index (χ1) is 12.5. The van der Waals surface area contributed by atoms with Crippen molar-refractivity contribution >= 4 is 30.9 Å². The lowest BCUT2D eigenvalue weighted by Crippen LogP contribution is -2.43. The smallest absolute Gasteiger partial charge is 0.314 e. The summed E-state index contributed by atoms with van der Waals surface area (Å²) in [7, 11) is -7.25.